The van der Waals surface area contributed by atoms with Gasteiger partial charge in [0.25, 0.3) is 0 Å². The Hall–Kier alpha value is -0.250. The quantitative estimate of drug-likeness (QED) is 0.668. The Kier molecular flexibility index (Phi) is 2.67. The molecule has 0 aliphatic heterocycles. The number of alkyl halides is 3. The number of hydrogen-bond donors (Lipinski definition) is 1. The van der Waals surface area contributed by atoms with Crippen LogP contribution in [0.15, 0.2) is 0 Å². The average molecular weight is 223 g/mol. The van der Waals surface area contributed by atoms with Crippen LogP contribution < -0.4 is 5.73 Å². The third kappa shape index (κ3) is 2.65. The van der Waals surface area contributed by atoms with Crippen molar-refractivity contribution < 1.29 is 13.2 Å². The maximum atomic E-state index is 12.9. The standard InChI is InChI=1S/C11H20F3N/c1-8(2)5-9(3,4)7-10(15,6-8)11(12,13)14/h5-7,15H2,1-4H3. The van der Waals surface area contributed by atoms with Gasteiger partial charge < -0.3 is 5.73 Å². The van der Waals surface area contributed by atoms with Gasteiger partial charge in [0, 0.05) is 0 Å². The molecule has 90 valence electrons. The molecule has 0 aromatic heterocycles. The summed E-state index contributed by atoms with van der Waals surface area (Å²) >= 11 is 0. The predicted octanol–water partition coefficient (Wildman–Crippen LogP) is 3.48. The van der Waals surface area contributed by atoms with E-state index in [-0.39, 0.29) is 23.7 Å². The maximum Gasteiger partial charge on any atom is 0.406 e. The molecule has 1 aliphatic carbocycles. The van der Waals surface area contributed by atoms with Crippen LogP contribution in [-0.2, 0) is 0 Å². The summed E-state index contributed by atoms with van der Waals surface area (Å²) in [6.07, 6.45) is -3.48. The van der Waals surface area contributed by atoms with Crippen LogP contribution in [0.3, 0.4) is 0 Å². The normalized spacial score (nSPS) is 28.8. The van der Waals surface area contributed by atoms with Crippen LogP contribution in [-0.4, -0.2) is 11.7 Å². The third-order valence-electron chi connectivity index (χ3n) is 3.11. The van der Waals surface area contributed by atoms with Gasteiger partial charge in [-0.1, -0.05) is 27.7 Å². The number of nitrogens with two attached hydrogens (primary N) is 1. The maximum absolute atomic E-state index is 12.9. The fraction of sp³-hybridized carbons (Fsp3) is 1.00. The number of halogens is 3. The first-order chi connectivity index (χ1) is 6.37. The fourth-order valence-corrected chi connectivity index (χ4v) is 3.39. The molecule has 1 saturated carbocycles. The summed E-state index contributed by atoms with van der Waals surface area (Å²) in [5.74, 6) is 0. The zero-order valence-electron chi connectivity index (χ0n) is 9.83. The van der Waals surface area contributed by atoms with Gasteiger partial charge in [0.1, 0.15) is 5.54 Å². The predicted molar refractivity (Wildman–Crippen MR) is 54.4 cm³/mol. The number of rotatable bonds is 0. The molecule has 0 atom stereocenters. The molecule has 1 fully saturated rings. The molecule has 0 aromatic rings. The second-order valence-corrected chi connectivity index (χ2v) is 6.51. The van der Waals surface area contributed by atoms with Gasteiger partial charge in [-0.3, -0.25) is 0 Å². The van der Waals surface area contributed by atoms with E-state index in [1.165, 1.54) is 0 Å². The van der Waals surface area contributed by atoms with Gasteiger partial charge in [-0.05, 0) is 30.1 Å². The minimum atomic E-state index is -4.30. The lowest BCUT2D eigenvalue weighted by molar-refractivity contribution is -0.214. The fourth-order valence-electron chi connectivity index (χ4n) is 3.39. The lowest BCUT2D eigenvalue weighted by Crippen LogP contribution is -2.60. The second-order valence-electron chi connectivity index (χ2n) is 6.51. The highest BCUT2D eigenvalue weighted by Crippen LogP contribution is 2.53. The van der Waals surface area contributed by atoms with E-state index in [9.17, 15) is 13.2 Å². The van der Waals surface area contributed by atoms with Crippen molar-refractivity contribution in [3.8, 4) is 0 Å². The van der Waals surface area contributed by atoms with Crippen molar-refractivity contribution in [2.24, 2.45) is 16.6 Å². The van der Waals surface area contributed by atoms with Crippen molar-refractivity contribution in [3.05, 3.63) is 0 Å². The molecule has 0 bridgehead atoms. The summed E-state index contributed by atoms with van der Waals surface area (Å²) in [4.78, 5) is 0. The zero-order valence-corrected chi connectivity index (χ0v) is 9.83. The van der Waals surface area contributed by atoms with Gasteiger partial charge in [-0.2, -0.15) is 13.2 Å². The highest BCUT2D eigenvalue weighted by atomic mass is 19.4. The molecule has 2 N–H and O–H groups in total. The van der Waals surface area contributed by atoms with E-state index in [1.807, 2.05) is 27.7 Å². The van der Waals surface area contributed by atoms with Crippen LogP contribution in [0, 0.1) is 10.8 Å². The molecular formula is C11H20F3N. The molecule has 1 rings (SSSR count). The average Bonchev–Trinajstić information content (AvgIpc) is 1.72. The molecule has 4 heteroatoms. The first-order valence-electron chi connectivity index (χ1n) is 5.23. The minimum Gasteiger partial charge on any atom is -0.318 e. The second kappa shape index (κ2) is 3.12. The van der Waals surface area contributed by atoms with Crippen LogP contribution in [0.2, 0.25) is 0 Å². The molecule has 0 amide bonds. The van der Waals surface area contributed by atoms with Gasteiger partial charge in [0.15, 0.2) is 0 Å². The molecule has 15 heavy (non-hydrogen) atoms. The van der Waals surface area contributed by atoms with Gasteiger partial charge in [-0.15, -0.1) is 0 Å². The zero-order chi connectivity index (χ0) is 12.1. The van der Waals surface area contributed by atoms with Gasteiger partial charge >= 0.3 is 6.18 Å². The summed E-state index contributed by atoms with van der Waals surface area (Å²) in [6, 6.07) is 0. The lowest BCUT2D eigenvalue weighted by atomic mass is 9.58. The molecular weight excluding hydrogens is 203 g/mol. The van der Waals surface area contributed by atoms with Gasteiger partial charge in [-0.25, -0.2) is 0 Å². The smallest absolute Gasteiger partial charge is 0.318 e. The Labute approximate surface area is 89.2 Å². The van der Waals surface area contributed by atoms with Crippen LogP contribution in [0.25, 0.3) is 0 Å². The molecule has 0 unspecified atom stereocenters. The highest BCUT2D eigenvalue weighted by Gasteiger charge is 2.59. The van der Waals surface area contributed by atoms with Crippen LogP contribution in [0.4, 0.5) is 13.2 Å². The summed E-state index contributed by atoms with van der Waals surface area (Å²) in [6.45, 7) is 7.45. The van der Waals surface area contributed by atoms with E-state index >= 15 is 0 Å². The van der Waals surface area contributed by atoms with Gasteiger partial charge in [0.05, 0.1) is 0 Å². The van der Waals surface area contributed by atoms with E-state index in [0.29, 0.717) is 0 Å². The Morgan fingerprint density at radius 1 is 0.867 bits per heavy atom. The van der Waals surface area contributed by atoms with E-state index in [2.05, 4.69) is 0 Å². The molecule has 1 aliphatic rings. The molecule has 1 nitrogen and oxygen atoms in total. The Balaban J connectivity index is 3.03. The Morgan fingerprint density at radius 3 is 1.47 bits per heavy atom. The molecule has 0 radical (unpaired) electrons. The Bertz CT molecular complexity index is 237. The van der Waals surface area contributed by atoms with E-state index in [1.54, 1.807) is 0 Å². The Morgan fingerprint density at radius 2 is 1.20 bits per heavy atom. The number of hydrogen-bond acceptors (Lipinski definition) is 1. The molecule has 0 saturated heterocycles. The van der Waals surface area contributed by atoms with Crippen molar-refractivity contribution in [3.63, 3.8) is 0 Å². The summed E-state index contributed by atoms with van der Waals surface area (Å²) in [5, 5.41) is 0. The largest absolute Gasteiger partial charge is 0.406 e. The van der Waals surface area contributed by atoms with Crippen molar-refractivity contribution >= 4 is 0 Å². The molecule has 0 spiro atoms. The van der Waals surface area contributed by atoms with Crippen molar-refractivity contribution in [1.82, 2.24) is 0 Å². The van der Waals surface area contributed by atoms with Crippen LogP contribution in [0.5, 0.6) is 0 Å². The van der Waals surface area contributed by atoms with Crippen molar-refractivity contribution in [2.45, 2.75) is 58.7 Å². The van der Waals surface area contributed by atoms with Crippen molar-refractivity contribution in [2.75, 3.05) is 0 Å². The minimum absolute atomic E-state index is 0.0208. The lowest BCUT2D eigenvalue weighted by Gasteiger charge is -2.50. The van der Waals surface area contributed by atoms with E-state index in [0.717, 1.165) is 6.42 Å². The van der Waals surface area contributed by atoms with Crippen LogP contribution >= 0.6 is 0 Å². The van der Waals surface area contributed by atoms with Gasteiger partial charge in [0.2, 0.25) is 0 Å². The van der Waals surface area contributed by atoms with E-state index < -0.39 is 11.7 Å². The first kappa shape index (κ1) is 12.8. The first-order valence-corrected chi connectivity index (χ1v) is 5.23. The summed E-state index contributed by atoms with van der Waals surface area (Å²) < 4.78 is 38.7. The highest BCUT2D eigenvalue weighted by molar-refractivity contribution is 5.04. The molecule has 0 heterocycles. The summed E-state index contributed by atoms with van der Waals surface area (Å²) in [7, 11) is 0. The molecule has 0 aromatic carbocycles. The van der Waals surface area contributed by atoms with E-state index in [4.69, 9.17) is 5.73 Å². The topological polar surface area (TPSA) is 26.0 Å². The monoisotopic (exact) mass is 223 g/mol. The van der Waals surface area contributed by atoms with Crippen LogP contribution in [0.1, 0.15) is 47.0 Å². The van der Waals surface area contributed by atoms with Crippen molar-refractivity contribution in [1.29, 1.82) is 0 Å². The third-order valence-corrected chi connectivity index (χ3v) is 3.11. The summed E-state index contributed by atoms with van der Waals surface area (Å²) in [5.41, 5.74) is 2.86. The SMILES string of the molecule is CC1(C)CC(C)(C)CC(N)(C(F)(F)F)C1.